The van der Waals surface area contributed by atoms with Crippen LogP contribution in [-0.4, -0.2) is 0 Å². The van der Waals surface area contributed by atoms with E-state index in [9.17, 15) is 0 Å². The summed E-state index contributed by atoms with van der Waals surface area (Å²) in [7, 11) is 0. The van der Waals surface area contributed by atoms with Gasteiger partial charge in [0.1, 0.15) is 0 Å². The zero-order valence-electron chi connectivity index (χ0n) is 15.2. The highest BCUT2D eigenvalue weighted by Crippen LogP contribution is 2.39. The molecule has 0 N–H and O–H groups in total. The Hall–Kier alpha value is 0. The van der Waals surface area contributed by atoms with Gasteiger partial charge in [0.2, 0.25) is 0 Å². The normalized spacial score (nSPS) is 20.4. The van der Waals surface area contributed by atoms with Crippen molar-refractivity contribution in [1.82, 2.24) is 0 Å². The first kappa shape index (κ1) is 19.0. The van der Waals surface area contributed by atoms with E-state index in [0.717, 1.165) is 41.4 Å². The van der Waals surface area contributed by atoms with E-state index in [-0.39, 0.29) is 0 Å². The Morgan fingerprint density at radius 1 is 0.579 bits per heavy atom. The second kappa shape index (κ2) is 9.03. The van der Waals surface area contributed by atoms with Crippen molar-refractivity contribution in [3.05, 3.63) is 0 Å². The standard InChI is InChI=1S/C19H40/c1-10-15(6)19(17(8)12-14(4)5)18(9)16(7)11-13(2)3/h13-19H,10-12H2,1-9H3. The maximum Gasteiger partial charge on any atom is -0.0334 e. The van der Waals surface area contributed by atoms with Gasteiger partial charge in [0, 0.05) is 0 Å². The Balaban J connectivity index is 4.82. The molecule has 19 heavy (non-hydrogen) atoms. The predicted octanol–water partition coefficient (Wildman–Crippen LogP) is 6.65. The molecule has 0 saturated carbocycles. The highest BCUT2D eigenvalue weighted by molar-refractivity contribution is 4.80. The van der Waals surface area contributed by atoms with Crippen LogP contribution in [0.1, 0.15) is 81.6 Å². The molecular formula is C19H40. The molecule has 0 aromatic carbocycles. The van der Waals surface area contributed by atoms with E-state index >= 15 is 0 Å². The lowest BCUT2D eigenvalue weighted by Crippen LogP contribution is -2.31. The molecule has 0 aliphatic carbocycles. The van der Waals surface area contributed by atoms with E-state index < -0.39 is 0 Å². The van der Waals surface area contributed by atoms with Crippen LogP contribution < -0.4 is 0 Å². The van der Waals surface area contributed by atoms with Crippen molar-refractivity contribution < 1.29 is 0 Å². The van der Waals surface area contributed by atoms with Crippen LogP contribution in [0.3, 0.4) is 0 Å². The van der Waals surface area contributed by atoms with Crippen molar-refractivity contribution in [2.24, 2.45) is 41.4 Å². The summed E-state index contributed by atoms with van der Waals surface area (Å²) in [6.45, 7) is 21.8. The second-order valence-corrected chi connectivity index (χ2v) is 8.04. The van der Waals surface area contributed by atoms with Gasteiger partial charge < -0.3 is 0 Å². The Labute approximate surface area is 123 Å². The summed E-state index contributed by atoms with van der Waals surface area (Å²) >= 11 is 0. The zero-order valence-corrected chi connectivity index (χ0v) is 15.2. The molecule has 0 fully saturated rings. The molecule has 0 bridgehead atoms. The van der Waals surface area contributed by atoms with Gasteiger partial charge in [0.25, 0.3) is 0 Å². The van der Waals surface area contributed by atoms with Gasteiger partial charge >= 0.3 is 0 Å². The van der Waals surface area contributed by atoms with E-state index in [0.29, 0.717) is 0 Å². The first-order valence-electron chi connectivity index (χ1n) is 8.70. The van der Waals surface area contributed by atoms with Crippen molar-refractivity contribution in [1.29, 1.82) is 0 Å². The molecule has 0 aromatic rings. The SMILES string of the molecule is CCC(C)C(C(C)CC(C)C)C(C)C(C)CC(C)C. The van der Waals surface area contributed by atoms with E-state index in [1.807, 2.05) is 0 Å². The van der Waals surface area contributed by atoms with Gasteiger partial charge in [-0.3, -0.25) is 0 Å². The molecule has 0 aliphatic heterocycles. The third kappa shape index (κ3) is 6.82. The first-order chi connectivity index (χ1) is 8.70. The Kier molecular flexibility index (Phi) is 9.03. The largest absolute Gasteiger partial charge is 0.0651 e. The fourth-order valence-corrected chi connectivity index (χ4v) is 4.11. The third-order valence-electron chi connectivity index (χ3n) is 5.15. The minimum Gasteiger partial charge on any atom is -0.0651 e. The molecule has 0 aliphatic rings. The summed E-state index contributed by atoms with van der Waals surface area (Å²) < 4.78 is 0. The summed E-state index contributed by atoms with van der Waals surface area (Å²) in [5.74, 6) is 5.98. The molecule has 0 radical (unpaired) electrons. The Morgan fingerprint density at radius 2 is 1.00 bits per heavy atom. The molecule has 0 heterocycles. The van der Waals surface area contributed by atoms with E-state index in [2.05, 4.69) is 62.3 Å². The third-order valence-corrected chi connectivity index (χ3v) is 5.15. The van der Waals surface area contributed by atoms with Crippen molar-refractivity contribution in [2.45, 2.75) is 81.6 Å². The van der Waals surface area contributed by atoms with Gasteiger partial charge in [-0.15, -0.1) is 0 Å². The molecule has 0 amide bonds. The minimum atomic E-state index is 0.828. The van der Waals surface area contributed by atoms with Gasteiger partial charge in [-0.25, -0.2) is 0 Å². The first-order valence-corrected chi connectivity index (χ1v) is 8.70. The lowest BCUT2D eigenvalue weighted by molar-refractivity contribution is 0.107. The van der Waals surface area contributed by atoms with E-state index in [1.165, 1.54) is 19.3 Å². The quantitative estimate of drug-likeness (QED) is 0.439. The average Bonchev–Trinajstić information content (AvgIpc) is 2.26. The summed E-state index contributed by atoms with van der Waals surface area (Å²) in [5, 5.41) is 0. The summed E-state index contributed by atoms with van der Waals surface area (Å²) in [6, 6.07) is 0. The number of hydrogen-bond acceptors (Lipinski definition) is 0. The molecule has 0 nitrogen and oxygen atoms in total. The van der Waals surface area contributed by atoms with Crippen LogP contribution in [-0.2, 0) is 0 Å². The van der Waals surface area contributed by atoms with Crippen LogP contribution in [0.4, 0.5) is 0 Å². The Morgan fingerprint density at radius 3 is 1.37 bits per heavy atom. The molecule has 0 aromatic heterocycles. The summed E-state index contributed by atoms with van der Waals surface area (Å²) in [5.41, 5.74) is 0. The van der Waals surface area contributed by atoms with Crippen LogP contribution >= 0.6 is 0 Å². The summed E-state index contributed by atoms with van der Waals surface area (Å²) in [6.07, 6.45) is 4.09. The maximum atomic E-state index is 2.51. The minimum absolute atomic E-state index is 0.828. The van der Waals surface area contributed by atoms with Crippen molar-refractivity contribution in [2.75, 3.05) is 0 Å². The molecule has 5 atom stereocenters. The maximum absolute atomic E-state index is 2.51. The highest BCUT2D eigenvalue weighted by atomic mass is 14.4. The fourth-order valence-electron chi connectivity index (χ4n) is 4.11. The molecule has 116 valence electrons. The van der Waals surface area contributed by atoms with Gasteiger partial charge in [0.15, 0.2) is 0 Å². The molecule has 0 saturated heterocycles. The number of rotatable bonds is 9. The lowest BCUT2D eigenvalue weighted by atomic mass is 9.67. The van der Waals surface area contributed by atoms with Crippen LogP contribution in [0.15, 0.2) is 0 Å². The lowest BCUT2D eigenvalue weighted by Gasteiger charge is -2.38. The van der Waals surface area contributed by atoms with Crippen LogP contribution in [0, 0.1) is 41.4 Å². The predicted molar refractivity (Wildman–Crippen MR) is 89.3 cm³/mol. The molecule has 0 heteroatoms. The average molecular weight is 269 g/mol. The molecule has 5 unspecified atom stereocenters. The Bertz CT molecular complexity index is 216. The topological polar surface area (TPSA) is 0 Å². The van der Waals surface area contributed by atoms with Gasteiger partial charge in [-0.05, 0) is 54.3 Å². The highest BCUT2D eigenvalue weighted by Gasteiger charge is 2.31. The van der Waals surface area contributed by atoms with Crippen LogP contribution in [0.25, 0.3) is 0 Å². The van der Waals surface area contributed by atoms with E-state index in [4.69, 9.17) is 0 Å². The van der Waals surface area contributed by atoms with Gasteiger partial charge in [0.05, 0.1) is 0 Å². The fraction of sp³-hybridized carbons (Fsp3) is 1.00. The molecular weight excluding hydrogens is 228 g/mol. The summed E-state index contributed by atoms with van der Waals surface area (Å²) in [4.78, 5) is 0. The number of hydrogen-bond donors (Lipinski definition) is 0. The molecule has 0 spiro atoms. The van der Waals surface area contributed by atoms with Crippen LogP contribution in [0.2, 0.25) is 0 Å². The van der Waals surface area contributed by atoms with Gasteiger partial charge in [-0.2, -0.15) is 0 Å². The monoisotopic (exact) mass is 268 g/mol. The van der Waals surface area contributed by atoms with Crippen molar-refractivity contribution in [3.8, 4) is 0 Å². The van der Waals surface area contributed by atoms with Crippen LogP contribution in [0.5, 0.6) is 0 Å². The molecule has 0 rings (SSSR count). The van der Waals surface area contributed by atoms with Gasteiger partial charge in [-0.1, -0.05) is 68.7 Å². The smallest absolute Gasteiger partial charge is 0.0334 e. The van der Waals surface area contributed by atoms with Crippen molar-refractivity contribution in [3.63, 3.8) is 0 Å². The van der Waals surface area contributed by atoms with Crippen molar-refractivity contribution >= 4 is 0 Å². The van der Waals surface area contributed by atoms with E-state index in [1.54, 1.807) is 0 Å². The second-order valence-electron chi connectivity index (χ2n) is 8.04. The zero-order chi connectivity index (χ0) is 15.2.